The number of carboxylic acid groups (broad SMARTS) is 1. The molecule has 1 saturated carbocycles. The van der Waals surface area contributed by atoms with E-state index in [2.05, 4.69) is 15.7 Å². The van der Waals surface area contributed by atoms with E-state index in [9.17, 15) is 33.9 Å². The van der Waals surface area contributed by atoms with Crippen LogP contribution < -0.4 is 15.4 Å². The van der Waals surface area contributed by atoms with Crippen molar-refractivity contribution in [3.63, 3.8) is 0 Å². The number of hydrogen-bond acceptors (Lipinski definition) is 11. The minimum atomic E-state index is -1.21. The average molecular weight is 658 g/mol. The van der Waals surface area contributed by atoms with Crippen LogP contribution in [0.25, 0.3) is 5.69 Å². The molecule has 254 valence electrons. The van der Waals surface area contributed by atoms with E-state index in [-0.39, 0.29) is 56.8 Å². The lowest BCUT2D eigenvalue weighted by molar-refractivity contribution is -0.157. The molecule has 0 radical (unpaired) electrons. The molecular weight excluding hydrogens is 618 g/mol. The molecule has 2 fully saturated rings. The van der Waals surface area contributed by atoms with Crippen LogP contribution in [0.5, 0.6) is 5.88 Å². The van der Waals surface area contributed by atoms with Gasteiger partial charge in [0.2, 0.25) is 11.8 Å². The largest absolute Gasteiger partial charge is 0.527 e. The first-order chi connectivity index (χ1) is 22.5. The van der Waals surface area contributed by atoms with Gasteiger partial charge in [0.15, 0.2) is 11.8 Å². The third kappa shape index (κ3) is 9.65. The number of nitrogens with one attached hydrogen (secondary N) is 2. The van der Waals surface area contributed by atoms with Gasteiger partial charge in [-0.1, -0.05) is 18.2 Å². The molecule has 17 nitrogen and oxygen atoms in total. The number of aromatic nitrogens is 2. The van der Waals surface area contributed by atoms with Crippen molar-refractivity contribution in [1.82, 2.24) is 35.3 Å². The Morgan fingerprint density at radius 1 is 1.06 bits per heavy atom. The zero-order valence-electron chi connectivity index (χ0n) is 26.4. The molecule has 0 bridgehead atoms. The summed E-state index contributed by atoms with van der Waals surface area (Å²) in [6, 6.07) is 8.25. The Kier molecular flexibility index (Phi) is 11.7. The van der Waals surface area contributed by atoms with Gasteiger partial charge >= 0.3 is 18.2 Å². The number of hydrogen-bond donors (Lipinski definition) is 3. The van der Waals surface area contributed by atoms with Crippen molar-refractivity contribution >= 4 is 35.9 Å². The standard InChI is InChI=1S/C30H39N7O10/c1-4-45-30(44)47-36-16-14-35(15-17-36)28(42)22(12-13-25(38)39)32-26(40)23-18-24(37(33-23)21-8-6-5-7-9-21)46-19(2)27(41)34(3)29(43)31-20-10-11-20/h5-9,18-20,22H,4,10-17H2,1-3H3,(H,31,43)(H,32,40)(H,38,39)/t19-,22?/m0/s1. The first-order valence-electron chi connectivity index (χ1n) is 15.3. The maximum absolute atomic E-state index is 13.5. The van der Waals surface area contributed by atoms with Crippen molar-refractivity contribution in [2.24, 2.45) is 0 Å². The minimum absolute atomic E-state index is 0.0179. The number of carboxylic acids is 1. The Morgan fingerprint density at radius 3 is 2.36 bits per heavy atom. The molecule has 0 spiro atoms. The number of benzene rings is 1. The van der Waals surface area contributed by atoms with E-state index in [1.807, 2.05) is 0 Å². The number of nitrogens with zero attached hydrogens (tertiary/aromatic N) is 5. The van der Waals surface area contributed by atoms with E-state index < -0.39 is 54.4 Å². The smallest absolute Gasteiger partial charge is 0.481 e. The number of aliphatic carboxylic acids is 1. The normalized spacial score (nSPS) is 15.9. The Bertz CT molecular complexity index is 1450. The van der Waals surface area contributed by atoms with Crippen LogP contribution >= 0.6 is 0 Å². The Balaban J connectivity index is 1.48. The van der Waals surface area contributed by atoms with E-state index in [1.165, 1.54) is 34.7 Å². The van der Waals surface area contributed by atoms with E-state index in [0.717, 1.165) is 17.7 Å². The second-order valence-electron chi connectivity index (χ2n) is 11.0. The van der Waals surface area contributed by atoms with Crippen molar-refractivity contribution in [2.75, 3.05) is 39.8 Å². The molecule has 1 saturated heterocycles. The number of imide groups is 1. The van der Waals surface area contributed by atoms with Crippen molar-refractivity contribution in [3.8, 4) is 11.6 Å². The van der Waals surface area contributed by atoms with Crippen molar-refractivity contribution in [3.05, 3.63) is 42.1 Å². The fraction of sp³-hybridized carbons (Fsp3) is 0.500. The fourth-order valence-corrected chi connectivity index (χ4v) is 4.64. The van der Waals surface area contributed by atoms with Crippen LogP contribution in [0, 0.1) is 0 Å². The number of carbonyl (C=O) groups is 6. The van der Waals surface area contributed by atoms with Crippen molar-refractivity contribution < 1.29 is 48.2 Å². The summed E-state index contributed by atoms with van der Waals surface area (Å²) < 4.78 is 12.0. The summed E-state index contributed by atoms with van der Waals surface area (Å²) in [5.41, 5.74) is 0.339. The Labute approximate surface area is 270 Å². The molecular formula is C30H39N7O10. The maximum Gasteiger partial charge on any atom is 0.527 e. The summed E-state index contributed by atoms with van der Waals surface area (Å²) in [5.74, 6) is -3.05. The van der Waals surface area contributed by atoms with Crippen LogP contribution in [0.15, 0.2) is 36.4 Å². The zero-order chi connectivity index (χ0) is 34.1. The first-order valence-corrected chi connectivity index (χ1v) is 15.3. The van der Waals surface area contributed by atoms with Gasteiger partial charge in [0.25, 0.3) is 11.8 Å². The summed E-state index contributed by atoms with van der Waals surface area (Å²) in [4.78, 5) is 82.8. The number of urea groups is 1. The van der Waals surface area contributed by atoms with Crippen molar-refractivity contribution in [1.29, 1.82) is 0 Å². The highest BCUT2D eigenvalue weighted by Gasteiger charge is 2.33. The third-order valence-electron chi connectivity index (χ3n) is 7.36. The lowest BCUT2D eigenvalue weighted by atomic mass is 10.1. The number of piperazine rings is 1. The van der Waals surface area contributed by atoms with Gasteiger partial charge in [0, 0.05) is 38.7 Å². The lowest BCUT2D eigenvalue weighted by Crippen LogP contribution is -2.55. The average Bonchev–Trinajstić information content (AvgIpc) is 3.78. The predicted molar refractivity (Wildman–Crippen MR) is 162 cm³/mol. The van der Waals surface area contributed by atoms with Crippen LogP contribution in [-0.2, 0) is 24.0 Å². The molecule has 1 aromatic carbocycles. The van der Waals surface area contributed by atoms with E-state index in [1.54, 1.807) is 37.3 Å². The molecule has 2 atom stereocenters. The first kappa shape index (κ1) is 34.7. The number of carbonyl (C=O) groups excluding carboxylic acids is 5. The zero-order valence-corrected chi connectivity index (χ0v) is 26.4. The van der Waals surface area contributed by atoms with Gasteiger partial charge in [-0.05, 0) is 45.2 Å². The topological polar surface area (TPSA) is 202 Å². The highest BCUT2D eigenvalue weighted by molar-refractivity contribution is 5.97. The van der Waals surface area contributed by atoms with Gasteiger partial charge in [-0.3, -0.25) is 24.1 Å². The summed E-state index contributed by atoms with van der Waals surface area (Å²) in [6.45, 7) is 3.91. The molecule has 5 amide bonds. The van der Waals surface area contributed by atoms with E-state index in [4.69, 9.17) is 14.3 Å². The number of rotatable bonds is 13. The second kappa shape index (κ2) is 15.9. The Morgan fingerprint density at radius 2 is 1.74 bits per heavy atom. The van der Waals surface area contributed by atoms with E-state index >= 15 is 0 Å². The Hall–Kier alpha value is -5.19. The number of para-hydroxylation sites is 1. The maximum atomic E-state index is 13.5. The van der Waals surface area contributed by atoms with Gasteiger partial charge in [-0.15, -0.1) is 5.06 Å². The number of amides is 5. The molecule has 2 aliphatic rings. The van der Waals surface area contributed by atoms with Crippen molar-refractivity contribution in [2.45, 2.75) is 57.7 Å². The molecule has 2 aromatic rings. The lowest BCUT2D eigenvalue weighted by Gasteiger charge is -2.35. The molecule has 3 N–H and O–H groups in total. The molecule has 1 aromatic heterocycles. The minimum Gasteiger partial charge on any atom is -0.481 e. The molecule has 47 heavy (non-hydrogen) atoms. The molecule has 2 heterocycles. The molecule has 1 unspecified atom stereocenters. The number of likely N-dealkylation sites (N-methyl/N-ethyl adjacent to an activating group) is 1. The van der Waals surface area contributed by atoms with Crippen LogP contribution in [0.2, 0.25) is 0 Å². The SMILES string of the molecule is CCOC(=O)ON1CCN(C(=O)C(CCC(=O)O)NC(=O)c2cc(O[C@@H](C)C(=O)N(C)C(=O)NC3CC3)n(-c3ccccc3)n2)CC1. The predicted octanol–water partition coefficient (Wildman–Crippen LogP) is 1.17. The summed E-state index contributed by atoms with van der Waals surface area (Å²) in [6.07, 6.45) is -0.878. The third-order valence-corrected chi connectivity index (χ3v) is 7.36. The molecule has 1 aliphatic heterocycles. The van der Waals surface area contributed by atoms with Gasteiger partial charge in [0.05, 0.1) is 25.4 Å². The van der Waals surface area contributed by atoms with E-state index in [0.29, 0.717) is 5.69 Å². The van der Waals surface area contributed by atoms with Gasteiger partial charge in [-0.25, -0.2) is 14.3 Å². The number of ether oxygens (including phenoxy) is 2. The van der Waals surface area contributed by atoms with Crippen LogP contribution in [-0.4, -0.2) is 124 Å². The second-order valence-corrected chi connectivity index (χ2v) is 11.0. The summed E-state index contributed by atoms with van der Waals surface area (Å²) in [5, 5.41) is 20.3. The monoisotopic (exact) mass is 657 g/mol. The van der Waals surface area contributed by atoms with Crippen LogP contribution in [0.1, 0.15) is 50.0 Å². The van der Waals surface area contributed by atoms with Gasteiger partial charge in [-0.2, -0.15) is 5.10 Å². The van der Waals surface area contributed by atoms with Crippen LogP contribution in [0.3, 0.4) is 0 Å². The van der Waals surface area contributed by atoms with Crippen LogP contribution in [0.4, 0.5) is 9.59 Å². The quantitative estimate of drug-likeness (QED) is 0.260. The summed E-state index contributed by atoms with van der Waals surface area (Å²) in [7, 11) is 1.34. The summed E-state index contributed by atoms with van der Waals surface area (Å²) >= 11 is 0. The number of hydroxylamine groups is 2. The van der Waals surface area contributed by atoms with Gasteiger partial charge < -0.3 is 35.0 Å². The van der Waals surface area contributed by atoms with Gasteiger partial charge in [0.1, 0.15) is 6.04 Å². The fourth-order valence-electron chi connectivity index (χ4n) is 4.64. The highest BCUT2D eigenvalue weighted by atomic mass is 16.8. The molecule has 17 heteroatoms. The highest BCUT2D eigenvalue weighted by Crippen LogP contribution is 2.22. The molecule has 1 aliphatic carbocycles. The molecule has 4 rings (SSSR count).